The molecule has 0 aliphatic carbocycles. The number of furan rings is 1. The van der Waals surface area contributed by atoms with Gasteiger partial charge in [-0.1, -0.05) is 29.8 Å². The average molecular weight is 452 g/mol. The Morgan fingerprint density at radius 2 is 1.88 bits per heavy atom. The number of ketones is 1. The van der Waals surface area contributed by atoms with Gasteiger partial charge >= 0.3 is 6.03 Å². The van der Waals surface area contributed by atoms with E-state index in [9.17, 15) is 19.7 Å². The number of halogens is 1. The molecule has 0 saturated carbocycles. The molecule has 0 radical (unpaired) electrons. The van der Waals surface area contributed by atoms with E-state index in [4.69, 9.17) is 16.0 Å². The molecule has 0 unspecified atom stereocenters. The van der Waals surface area contributed by atoms with Crippen LogP contribution < -0.4 is 10.2 Å². The average Bonchev–Trinajstić information content (AvgIpc) is 3.24. The Balaban J connectivity index is 1.77. The monoisotopic (exact) mass is 451 g/mol. The lowest BCUT2D eigenvalue weighted by Gasteiger charge is -2.34. The lowest BCUT2D eigenvalue weighted by atomic mass is 9.96. The molecule has 1 atom stereocenters. The van der Waals surface area contributed by atoms with E-state index < -0.39 is 17.0 Å². The summed E-state index contributed by atoms with van der Waals surface area (Å²) in [4.78, 5) is 37.5. The number of urea groups is 1. The number of benzene rings is 2. The van der Waals surface area contributed by atoms with Gasteiger partial charge in [0.1, 0.15) is 17.6 Å². The molecular weight excluding hydrogens is 434 g/mol. The van der Waals surface area contributed by atoms with Gasteiger partial charge in [-0.05, 0) is 44.2 Å². The third-order valence-electron chi connectivity index (χ3n) is 5.22. The largest absolute Gasteiger partial charge is 0.458 e. The highest BCUT2D eigenvalue weighted by Gasteiger charge is 2.36. The van der Waals surface area contributed by atoms with E-state index in [1.54, 1.807) is 43.3 Å². The molecule has 0 fully saturated rings. The second-order valence-electron chi connectivity index (χ2n) is 7.23. The maximum Gasteiger partial charge on any atom is 0.327 e. The van der Waals surface area contributed by atoms with Gasteiger partial charge in [0.15, 0.2) is 5.78 Å². The van der Waals surface area contributed by atoms with E-state index in [1.165, 1.54) is 30.0 Å². The molecule has 2 heterocycles. The molecule has 1 aliphatic heterocycles. The number of nitro groups is 1. The first kappa shape index (κ1) is 21.3. The highest BCUT2D eigenvalue weighted by Crippen LogP contribution is 2.38. The van der Waals surface area contributed by atoms with Gasteiger partial charge in [0.25, 0.3) is 5.69 Å². The fourth-order valence-corrected chi connectivity index (χ4v) is 3.98. The van der Waals surface area contributed by atoms with Crippen molar-refractivity contribution in [2.45, 2.75) is 19.9 Å². The highest BCUT2D eigenvalue weighted by atomic mass is 35.5. The molecule has 4 rings (SSSR count). The van der Waals surface area contributed by atoms with Crippen molar-refractivity contribution in [1.29, 1.82) is 0 Å². The second-order valence-corrected chi connectivity index (χ2v) is 7.64. The van der Waals surface area contributed by atoms with Gasteiger partial charge in [0, 0.05) is 29.0 Å². The van der Waals surface area contributed by atoms with Gasteiger partial charge in [-0.25, -0.2) is 4.79 Å². The lowest BCUT2D eigenvalue weighted by molar-refractivity contribution is -0.384. The number of nitro benzene ring substituents is 1. The van der Waals surface area contributed by atoms with Crippen molar-refractivity contribution in [3.63, 3.8) is 0 Å². The predicted molar refractivity (Wildman–Crippen MR) is 119 cm³/mol. The van der Waals surface area contributed by atoms with E-state index in [1.807, 2.05) is 6.07 Å². The molecule has 32 heavy (non-hydrogen) atoms. The van der Waals surface area contributed by atoms with Crippen molar-refractivity contribution in [3.8, 4) is 11.3 Å². The van der Waals surface area contributed by atoms with Crippen LogP contribution in [0.1, 0.15) is 25.6 Å². The van der Waals surface area contributed by atoms with E-state index in [-0.39, 0.29) is 22.3 Å². The molecule has 2 aromatic carbocycles. The molecule has 3 aromatic rings. The van der Waals surface area contributed by atoms with Crippen LogP contribution in [0.3, 0.4) is 0 Å². The van der Waals surface area contributed by atoms with Crippen LogP contribution >= 0.6 is 11.6 Å². The molecule has 1 N–H and O–H groups in total. The van der Waals surface area contributed by atoms with Crippen LogP contribution in [-0.4, -0.2) is 16.7 Å². The highest BCUT2D eigenvalue weighted by molar-refractivity contribution is 6.33. The van der Waals surface area contributed by atoms with E-state index >= 15 is 0 Å². The van der Waals surface area contributed by atoms with Gasteiger partial charge in [0.05, 0.1) is 15.6 Å². The molecule has 1 aromatic heterocycles. The Morgan fingerprint density at radius 1 is 1.16 bits per heavy atom. The van der Waals surface area contributed by atoms with Crippen molar-refractivity contribution in [2.75, 3.05) is 4.90 Å². The number of hydrogen-bond acceptors (Lipinski definition) is 5. The number of amides is 2. The maximum absolute atomic E-state index is 12.9. The van der Waals surface area contributed by atoms with Crippen LogP contribution in [-0.2, 0) is 4.79 Å². The summed E-state index contributed by atoms with van der Waals surface area (Å²) in [6.45, 7) is 3.13. The fraction of sp³-hybridized carbons (Fsp3) is 0.130. The summed E-state index contributed by atoms with van der Waals surface area (Å²) < 4.78 is 5.92. The molecule has 9 heteroatoms. The van der Waals surface area contributed by atoms with Crippen LogP contribution in [0.2, 0.25) is 5.02 Å². The molecule has 0 spiro atoms. The second kappa shape index (κ2) is 8.32. The number of nitrogens with one attached hydrogen (secondary N) is 1. The Bertz CT molecular complexity index is 1270. The van der Waals surface area contributed by atoms with E-state index in [0.717, 1.165) is 0 Å². The Kier molecular flexibility index (Phi) is 5.54. The number of non-ortho nitro benzene ring substituents is 1. The van der Waals surface area contributed by atoms with Gasteiger partial charge in [-0.3, -0.25) is 19.8 Å². The van der Waals surface area contributed by atoms with Crippen molar-refractivity contribution in [1.82, 2.24) is 5.32 Å². The van der Waals surface area contributed by atoms with Crippen molar-refractivity contribution >= 4 is 34.8 Å². The minimum Gasteiger partial charge on any atom is -0.458 e. The minimum absolute atomic E-state index is 0.132. The minimum atomic E-state index is -0.814. The van der Waals surface area contributed by atoms with Gasteiger partial charge in [-0.2, -0.15) is 0 Å². The summed E-state index contributed by atoms with van der Waals surface area (Å²) >= 11 is 6.22. The quantitative estimate of drug-likeness (QED) is 0.399. The number of carbonyl (C=O) groups is 2. The first-order valence-corrected chi connectivity index (χ1v) is 10.1. The number of carbonyl (C=O) groups excluding carboxylic acids is 2. The molecular formula is C23H18ClN3O5. The van der Waals surface area contributed by atoms with Crippen molar-refractivity contribution in [2.24, 2.45) is 0 Å². The topological polar surface area (TPSA) is 106 Å². The van der Waals surface area contributed by atoms with Gasteiger partial charge in [0.2, 0.25) is 0 Å². The lowest BCUT2D eigenvalue weighted by Crippen LogP contribution is -2.47. The molecule has 1 aliphatic rings. The number of rotatable bonds is 5. The van der Waals surface area contributed by atoms with Crippen LogP contribution in [0.25, 0.3) is 11.3 Å². The van der Waals surface area contributed by atoms with Crippen LogP contribution in [0.4, 0.5) is 16.2 Å². The van der Waals surface area contributed by atoms with Crippen molar-refractivity contribution in [3.05, 3.63) is 92.8 Å². The number of Topliss-reactive ketones (excluding diaryl/α,β-unsaturated/α-hetero) is 1. The Morgan fingerprint density at radius 3 is 2.53 bits per heavy atom. The normalized spacial score (nSPS) is 16.2. The number of para-hydroxylation sites is 1. The summed E-state index contributed by atoms with van der Waals surface area (Å²) in [5, 5.41) is 14.2. The first-order chi connectivity index (χ1) is 15.3. The molecule has 0 bridgehead atoms. The van der Waals surface area contributed by atoms with Crippen LogP contribution in [0.5, 0.6) is 0 Å². The Hall–Kier alpha value is -3.91. The van der Waals surface area contributed by atoms with E-state index in [2.05, 4.69) is 5.32 Å². The number of hydrogen-bond donors (Lipinski definition) is 1. The summed E-state index contributed by atoms with van der Waals surface area (Å²) in [5.41, 5.74) is 1.70. The number of nitrogens with zero attached hydrogens (tertiary/aromatic N) is 2. The Labute approximate surface area is 188 Å². The SMILES string of the molecule is CC(=O)C1=C(C)N(c2ccccc2)C(=O)N[C@H]1c1ccc(-c2cc([N+](=O)[O-])ccc2Cl)o1. The number of anilines is 1. The zero-order valence-corrected chi connectivity index (χ0v) is 17.9. The van der Waals surface area contributed by atoms with Crippen molar-refractivity contribution < 1.29 is 18.9 Å². The van der Waals surface area contributed by atoms with E-state index in [0.29, 0.717) is 28.3 Å². The predicted octanol–water partition coefficient (Wildman–Crippen LogP) is 5.64. The fourth-order valence-electron chi connectivity index (χ4n) is 3.77. The van der Waals surface area contributed by atoms with Crippen LogP contribution in [0, 0.1) is 10.1 Å². The maximum atomic E-state index is 12.9. The summed E-state index contributed by atoms with van der Waals surface area (Å²) in [7, 11) is 0. The molecule has 0 saturated heterocycles. The third kappa shape index (κ3) is 3.76. The smallest absolute Gasteiger partial charge is 0.327 e. The number of allylic oxidation sites excluding steroid dienone is 1. The molecule has 8 nitrogen and oxygen atoms in total. The summed E-state index contributed by atoms with van der Waals surface area (Å²) in [6, 6.07) is 15.0. The third-order valence-corrected chi connectivity index (χ3v) is 5.55. The standard InChI is InChI=1S/C23H18ClN3O5/c1-13-21(14(2)28)22(25-23(29)26(13)15-6-4-3-5-7-15)20-11-10-19(32-20)17-12-16(27(30)31)8-9-18(17)24/h3-12,22H,1-2H3,(H,25,29)/t22-/m0/s1. The molecule has 162 valence electrons. The summed E-state index contributed by atoms with van der Waals surface area (Å²) in [5.74, 6) is 0.377. The first-order valence-electron chi connectivity index (χ1n) is 9.69. The van der Waals surface area contributed by atoms with Gasteiger partial charge < -0.3 is 9.73 Å². The summed E-state index contributed by atoms with van der Waals surface area (Å²) in [6.07, 6.45) is 0. The molecule has 2 amide bonds. The van der Waals surface area contributed by atoms with Crippen LogP contribution in [0.15, 0.2) is 76.4 Å². The van der Waals surface area contributed by atoms with Gasteiger partial charge in [-0.15, -0.1) is 0 Å². The zero-order chi connectivity index (χ0) is 23.0. The zero-order valence-electron chi connectivity index (χ0n) is 17.2.